The zero-order chi connectivity index (χ0) is 11.4. The summed E-state index contributed by atoms with van der Waals surface area (Å²) in [6.45, 7) is 3.99. The number of benzene rings is 1. The Morgan fingerprint density at radius 3 is 2.60 bits per heavy atom. The number of halogens is 1. The highest BCUT2D eigenvalue weighted by Gasteiger charge is 2.17. The van der Waals surface area contributed by atoms with Crippen LogP contribution in [0.1, 0.15) is 30.6 Å². The quantitative estimate of drug-likeness (QED) is 0.829. The lowest BCUT2D eigenvalue weighted by Gasteiger charge is -2.21. The average molecular weight is 228 g/mol. The number of aryl methyl sites for hydroxylation is 1. The summed E-state index contributed by atoms with van der Waals surface area (Å²) in [5.74, 6) is 0. The van der Waals surface area contributed by atoms with Crippen LogP contribution in [0.5, 0.6) is 0 Å². The van der Waals surface area contributed by atoms with Crippen molar-refractivity contribution in [1.29, 1.82) is 0 Å². The molecule has 0 spiro atoms. The van der Waals surface area contributed by atoms with Crippen molar-refractivity contribution in [2.45, 2.75) is 32.4 Å². The smallest absolute Gasteiger partial charge is 0.0942 e. The van der Waals surface area contributed by atoms with E-state index in [1.165, 1.54) is 0 Å². The minimum Gasteiger partial charge on any atom is -0.387 e. The molecule has 2 unspecified atom stereocenters. The van der Waals surface area contributed by atoms with Gasteiger partial charge in [0.05, 0.1) is 6.10 Å². The van der Waals surface area contributed by atoms with Gasteiger partial charge < -0.3 is 10.4 Å². The number of hydrogen-bond donors (Lipinski definition) is 2. The summed E-state index contributed by atoms with van der Waals surface area (Å²) in [4.78, 5) is 0. The molecular formula is C12H18ClNO. The first-order valence-electron chi connectivity index (χ1n) is 5.21. The maximum Gasteiger partial charge on any atom is 0.0942 e. The van der Waals surface area contributed by atoms with E-state index in [-0.39, 0.29) is 6.04 Å². The Bertz CT molecular complexity index is 323. The molecule has 0 amide bonds. The van der Waals surface area contributed by atoms with Crippen LogP contribution in [-0.2, 0) is 0 Å². The van der Waals surface area contributed by atoms with Crippen molar-refractivity contribution < 1.29 is 5.11 Å². The summed E-state index contributed by atoms with van der Waals surface area (Å²) in [5.41, 5.74) is 1.91. The zero-order valence-corrected chi connectivity index (χ0v) is 10.2. The van der Waals surface area contributed by atoms with Gasteiger partial charge in [0, 0.05) is 11.1 Å². The fraction of sp³-hybridized carbons (Fsp3) is 0.500. The Balaban J connectivity index is 2.90. The van der Waals surface area contributed by atoms with Crippen molar-refractivity contribution in [3.63, 3.8) is 0 Å². The van der Waals surface area contributed by atoms with Crippen LogP contribution < -0.4 is 5.32 Å². The molecule has 1 aromatic rings. The van der Waals surface area contributed by atoms with E-state index in [4.69, 9.17) is 11.6 Å². The molecule has 2 N–H and O–H groups in total. The monoisotopic (exact) mass is 227 g/mol. The first kappa shape index (κ1) is 12.5. The molecule has 0 aromatic heterocycles. The molecule has 0 radical (unpaired) electrons. The summed E-state index contributed by atoms with van der Waals surface area (Å²) in [6.07, 6.45) is 0.412. The first-order chi connectivity index (χ1) is 7.10. The third-order valence-corrected chi connectivity index (χ3v) is 3.14. The number of likely N-dealkylation sites (N-methyl/N-ethyl adjacent to an activating group) is 1. The van der Waals surface area contributed by atoms with Crippen molar-refractivity contribution in [3.8, 4) is 0 Å². The topological polar surface area (TPSA) is 32.3 Å². The normalized spacial score (nSPS) is 15.0. The number of nitrogens with one attached hydrogen (secondary N) is 1. The molecule has 1 aromatic carbocycles. The van der Waals surface area contributed by atoms with Crippen molar-refractivity contribution >= 4 is 11.6 Å². The predicted molar refractivity (Wildman–Crippen MR) is 64.3 cm³/mol. The van der Waals surface area contributed by atoms with Crippen molar-refractivity contribution in [2.75, 3.05) is 7.05 Å². The molecule has 0 saturated heterocycles. The Kier molecular flexibility index (Phi) is 4.58. The van der Waals surface area contributed by atoms with Gasteiger partial charge in [-0.1, -0.05) is 30.7 Å². The van der Waals surface area contributed by atoms with E-state index >= 15 is 0 Å². The van der Waals surface area contributed by atoms with Gasteiger partial charge in [0.1, 0.15) is 0 Å². The Hall–Kier alpha value is -0.570. The summed E-state index contributed by atoms with van der Waals surface area (Å²) in [6, 6.07) is 5.73. The molecule has 15 heavy (non-hydrogen) atoms. The van der Waals surface area contributed by atoms with E-state index in [0.717, 1.165) is 22.6 Å². The second kappa shape index (κ2) is 5.50. The van der Waals surface area contributed by atoms with E-state index in [1.54, 1.807) is 0 Å². The van der Waals surface area contributed by atoms with Crippen molar-refractivity contribution in [1.82, 2.24) is 5.32 Å². The number of hydrogen-bond acceptors (Lipinski definition) is 2. The zero-order valence-electron chi connectivity index (χ0n) is 9.42. The highest BCUT2D eigenvalue weighted by molar-refractivity contribution is 6.31. The first-order valence-corrected chi connectivity index (χ1v) is 5.59. The summed E-state index contributed by atoms with van der Waals surface area (Å²) >= 11 is 5.94. The fourth-order valence-electron chi connectivity index (χ4n) is 1.67. The maximum absolute atomic E-state index is 10.1. The fourth-order valence-corrected chi connectivity index (χ4v) is 1.79. The highest BCUT2D eigenvalue weighted by Crippen LogP contribution is 2.23. The number of rotatable bonds is 4. The van der Waals surface area contributed by atoms with Crippen LogP contribution in [0.15, 0.2) is 18.2 Å². The lowest BCUT2D eigenvalue weighted by Crippen LogP contribution is -2.31. The second-order valence-electron chi connectivity index (χ2n) is 3.76. The van der Waals surface area contributed by atoms with Crippen molar-refractivity contribution in [3.05, 3.63) is 34.3 Å². The van der Waals surface area contributed by atoms with Gasteiger partial charge in [0.15, 0.2) is 0 Å². The van der Waals surface area contributed by atoms with Crippen LogP contribution in [0.4, 0.5) is 0 Å². The van der Waals surface area contributed by atoms with E-state index in [1.807, 2.05) is 39.1 Å². The Morgan fingerprint density at radius 2 is 2.13 bits per heavy atom. The van der Waals surface area contributed by atoms with Gasteiger partial charge in [-0.15, -0.1) is 0 Å². The van der Waals surface area contributed by atoms with Crippen LogP contribution in [0, 0.1) is 6.92 Å². The van der Waals surface area contributed by atoms with E-state index in [9.17, 15) is 5.11 Å². The summed E-state index contributed by atoms with van der Waals surface area (Å²) in [5, 5.41) is 13.9. The largest absolute Gasteiger partial charge is 0.387 e. The molecule has 0 saturated carbocycles. The Morgan fingerprint density at radius 1 is 1.47 bits per heavy atom. The van der Waals surface area contributed by atoms with Gasteiger partial charge in [-0.2, -0.15) is 0 Å². The van der Waals surface area contributed by atoms with Gasteiger partial charge in [0.25, 0.3) is 0 Å². The molecular weight excluding hydrogens is 210 g/mol. The van der Waals surface area contributed by atoms with E-state index < -0.39 is 6.10 Å². The standard InChI is InChI=1S/C12H18ClNO/c1-4-11(14-3)12(15)9-5-6-10(13)8(2)7-9/h5-7,11-12,14-15H,4H2,1-3H3. The third-order valence-electron chi connectivity index (χ3n) is 2.72. The molecule has 0 fully saturated rings. The molecule has 0 bridgehead atoms. The molecule has 3 heteroatoms. The van der Waals surface area contributed by atoms with Gasteiger partial charge in [-0.3, -0.25) is 0 Å². The second-order valence-corrected chi connectivity index (χ2v) is 4.16. The average Bonchev–Trinajstić information content (AvgIpc) is 2.23. The molecule has 2 atom stereocenters. The molecule has 2 nitrogen and oxygen atoms in total. The van der Waals surface area contributed by atoms with Gasteiger partial charge in [0.2, 0.25) is 0 Å². The van der Waals surface area contributed by atoms with E-state index in [2.05, 4.69) is 5.32 Å². The van der Waals surface area contributed by atoms with Crippen molar-refractivity contribution in [2.24, 2.45) is 0 Å². The minimum absolute atomic E-state index is 0.0885. The highest BCUT2D eigenvalue weighted by atomic mass is 35.5. The van der Waals surface area contributed by atoms with Crippen LogP contribution in [0.2, 0.25) is 5.02 Å². The van der Waals surface area contributed by atoms with Gasteiger partial charge in [-0.05, 0) is 37.6 Å². The lowest BCUT2D eigenvalue weighted by molar-refractivity contribution is 0.130. The molecule has 84 valence electrons. The maximum atomic E-state index is 10.1. The summed E-state index contributed by atoms with van der Waals surface area (Å²) in [7, 11) is 1.86. The molecule has 0 heterocycles. The molecule has 0 aliphatic rings. The van der Waals surface area contributed by atoms with Crippen LogP contribution in [0.25, 0.3) is 0 Å². The van der Waals surface area contributed by atoms with Gasteiger partial charge >= 0.3 is 0 Å². The SMILES string of the molecule is CCC(NC)C(O)c1ccc(Cl)c(C)c1. The number of aliphatic hydroxyl groups is 1. The minimum atomic E-state index is -0.476. The van der Waals surface area contributed by atoms with Crippen LogP contribution >= 0.6 is 11.6 Å². The van der Waals surface area contributed by atoms with Crippen LogP contribution in [0.3, 0.4) is 0 Å². The molecule has 0 aliphatic carbocycles. The number of aliphatic hydroxyl groups excluding tert-OH is 1. The Labute approximate surface area is 96.3 Å². The molecule has 0 aliphatic heterocycles. The predicted octanol–water partition coefficient (Wildman–Crippen LogP) is 2.68. The van der Waals surface area contributed by atoms with Crippen LogP contribution in [-0.4, -0.2) is 18.2 Å². The lowest BCUT2D eigenvalue weighted by atomic mass is 9.99. The van der Waals surface area contributed by atoms with E-state index in [0.29, 0.717) is 0 Å². The summed E-state index contributed by atoms with van der Waals surface area (Å²) < 4.78 is 0. The third kappa shape index (κ3) is 2.94. The molecule has 1 rings (SSSR count). The van der Waals surface area contributed by atoms with Gasteiger partial charge in [-0.25, -0.2) is 0 Å².